The summed E-state index contributed by atoms with van der Waals surface area (Å²) < 4.78 is 10.3. The number of benzene rings is 8. The predicted octanol–water partition coefficient (Wildman–Crippen LogP) is 14.3. The molecule has 0 N–H and O–H groups in total. The third-order valence-electron chi connectivity index (χ3n) is 10.9. The van der Waals surface area contributed by atoms with Gasteiger partial charge in [-0.1, -0.05) is 121 Å². The van der Waals surface area contributed by atoms with Crippen molar-refractivity contribution in [3.63, 3.8) is 0 Å². The maximum atomic E-state index is 2.54. The van der Waals surface area contributed by atoms with E-state index >= 15 is 0 Å². The standard InChI is InChI=1S/C48H28N2S2/c1-7-19-37(49-39-21-9-3-15-31(39)33-25-27-43-45(47(33)49)35-17-5-11-23-41(35)51-43)29(13-1)30-14-2-8-20-38(30)50-40-22-10-4-16-32(40)34-26-28-44-46(48(34)50)36-18-6-12-24-42(36)52-44/h1-28H. The first-order valence-corrected chi connectivity index (χ1v) is 19.3. The van der Waals surface area contributed by atoms with Gasteiger partial charge in [-0.15, -0.1) is 22.7 Å². The number of rotatable bonds is 3. The Morgan fingerprint density at radius 1 is 0.288 bits per heavy atom. The van der Waals surface area contributed by atoms with Gasteiger partial charge < -0.3 is 9.13 Å². The van der Waals surface area contributed by atoms with Crippen LogP contribution in [0.1, 0.15) is 0 Å². The molecule has 8 aromatic carbocycles. The van der Waals surface area contributed by atoms with E-state index in [1.54, 1.807) is 0 Å². The summed E-state index contributed by atoms with van der Waals surface area (Å²) in [5, 5.41) is 10.4. The van der Waals surface area contributed by atoms with Crippen molar-refractivity contribution in [1.29, 1.82) is 0 Å². The smallest absolute Gasteiger partial charge is 0.0634 e. The van der Waals surface area contributed by atoms with Gasteiger partial charge in [0.05, 0.1) is 33.4 Å². The van der Waals surface area contributed by atoms with Crippen LogP contribution in [0, 0.1) is 0 Å². The van der Waals surface area contributed by atoms with Gasteiger partial charge in [0.2, 0.25) is 0 Å². The molecule has 0 fully saturated rings. The summed E-state index contributed by atoms with van der Waals surface area (Å²) in [5.41, 5.74) is 9.72. The molecule has 52 heavy (non-hydrogen) atoms. The molecule has 4 heteroatoms. The SMILES string of the molecule is c1ccc(-n2c3ccccc3c3ccc4sc5ccccc5c4c32)c(-c2ccccc2-n2c3ccccc3c3ccc4sc5ccccc5c4c32)c1. The molecule has 0 radical (unpaired) electrons. The Balaban J connectivity index is 1.22. The maximum absolute atomic E-state index is 2.54. The lowest BCUT2D eigenvalue weighted by Crippen LogP contribution is -2.01. The van der Waals surface area contributed by atoms with Gasteiger partial charge in [-0.25, -0.2) is 0 Å². The molecule has 0 aliphatic heterocycles. The molecular formula is C48H28N2S2. The van der Waals surface area contributed by atoms with Crippen LogP contribution in [0.4, 0.5) is 0 Å². The molecule has 2 nitrogen and oxygen atoms in total. The fourth-order valence-corrected chi connectivity index (χ4v) is 11.0. The van der Waals surface area contributed by atoms with Crippen LogP contribution in [-0.4, -0.2) is 9.13 Å². The molecule has 0 aliphatic rings. The lowest BCUT2D eigenvalue weighted by molar-refractivity contribution is 1.17. The van der Waals surface area contributed by atoms with Gasteiger partial charge in [-0.05, 0) is 48.5 Å². The highest BCUT2D eigenvalue weighted by Gasteiger charge is 2.23. The second kappa shape index (κ2) is 10.7. The van der Waals surface area contributed by atoms with Gasteiger partial charge >= 0.3 is 0 Å². The minimum absolute atomic E-state index is 1.18. The minimum Gasteiger partial charge on any atom is -0.308 e. The van der Waals surface area contributed by atoms with Crippen LogP contribution in [0.5, 0.6) is 0 Å². The van der Waals surface area contributed by atoms with Crippen molar-refractivity contribution < 1.29 is 0 Å². The second-order valence-corrected chi connectivity index (χ2v) is 15.8. The van der Waals surface area contributed by atoms with Crippen LogP contribution >= 0.6 is 22.7 Å². The molecule has 0 aliphatic carbocycles. The van der Waals surface area contributed by atoms with Crippen LogP contribution in [-0.2, 0) is 0 Å². The Morgan fingerprint density at radius 3 is 1.15 bits per heavy atom. The third kappa shape index (κ3) is 3.77. The van der Waals surface area contributed by atoms with E-state index in [4.69, 9.17) is 0 Å². The summed E-state index contributed by atoms with van der Waals surface area (Å²) >= 11 is 3.76. The quantitative estimate of drug-likeness (QED) is 0.174. The molecule has 0 unspecified atom stereocenters. The molecular weight excluding hydrogens is 669 g/mol. The van der Waals surface area contributed by atoms with Crippen molar-refractivity contribution in [2.75, 3.05) is 0 Å². The van der Waals surface area contributed by atoms with E-state index < -0.39 is 0 Å². The van der Waals surface area contributed by atoms with Gasteiger partial charge in [-0.2, -0.15) is 0 Å². The first kappa shape index (κ1) is 28.5. The van der Waals surface area contributed by atoms with Crippen LogP contribution in [0.25, 0.3) is 106 Å². The largest absolute Gasteiger partial charge is 0.308 e. The number of para-hydroxylation sites is 4. The fraction of sp³-hybridized carbons (Fsp3) is 0. The van der Waals surface area contributed by atoms with Crippen LogP contribution in [0.3, 0.4) is 0 Å². The maximum Gasteiger partial charge on any atom is 0.0634 e. The number of fused-ring (bicyclic) bond motifs is 14. The third-order valence-corrected chi connectivity index (χ3v) is 13.2. The highest BCUT2D eigenvalue weighted by molar-refractivity contribution is 7.26. The molecule has 4 heterocycles. The van der Waals surface area contributed by atoms with Crippen molar-refractivity contribution in [2.45, 2.75) is 0 Å². The summed E-state index contributed by atoms with van der Waals surface area (Å²) in [6.45, 7) is 0. The number of aromatic nitrogens is 2. The monoisotopic (exact) mass is 696 g/mol. The summed E-state index contributed by atoms with van der Waals surface area (Å²) in [5.74, 6) is 0. The molecule has 0 bridgehead atoms. The van der Waals surface area contributed by atoms with Crippen molar-refractivity contribution in [3.8, 4) is 22.5 Å². The summed E-state index contributed by atoms with van der Waals surface area (Å²) in [4.78, 5) is 0. The highest BCUT2D eigenvalue weighted by Crippen LogP contribution is 2.47. The van der Waals surface area contributed by atoms with E-state index in [-0.39, 0.29) is 0 Å². The van der Waals surface area contributed by atoms with E-state index in [2.05, 4.69) is 179 Å². The zero-order valence-corrected chi connectivity index (χ0v) is 29.5. The molecule has 12 rings (SSSR count). The van der Waals surface area contributed by atoms with Gasteiger partial charge in [0.1, 0.15) is 0 Å². The van der Waals surface area contributed by atoms with Crippen molar-refractivity contribution in [1.82, 2.24) is 9.13 Å². The summed E-state index contributed by atoms with van der Waals surface area (Å²) in [6, 6.07) is 62.8. The zero-order chi connectivity index (χ0) is 33.9. The van der Waals surface area contributed by atoms with Crippen LogP contribution < -0.4 is 0 Å². The van der Waals surface area contributed by atoms with Gasteiger partial charge in [0.15, 0.2) is 0 Å². The Morgan fingerprint density at radius 2 is 0.673 bits per heavy atom. The molecule has 0 saturated carbocycles. The second-order valence-electron chi connectivity index (χ2n) is 13.6. The number of nitrogens with zero attached hydrogens (tertiary/aromatic N) is 2. The Labute approximate surface area is 306 Å². The highest BCUT2D eigenvalue weighted by atomic mass is 32.1. The average Bonchev–Trinajstić information content (AvgIpc) is 3.95. The van der Waals surface area contributed by atoms with Gasteiger partial charge in [0.25, 0.3) is 0 Å². The van der Waals surface area contributed by atoms with E-state index in [1.165, 1.54) is 106 Å². The molecule has 242 valence electrons. The molecule has 0 spiro atoms. The summed E-state index contributed by atoms with van der Waals surface area (Å²) in [6.07, 6.45) is 0. The van der Waals surface area contributed by atoms with Gasteiger partial charge in [0, 0.05) is 73.0 Å². The molecule has 0 atom stereocenters. The lowest BCUT2D eigenvalue weighted by atomic mass is 10.0. The molecule has 12 aromatic rings. The van der Waals surface area contributed by atoms with Crippen LogP contribution in [0.2, 0.25) is 0 Å². The first-order valence-electron chi connectivity index (χ1n) is 17.7. The minimum atomic E-state index is 1.18. The molecule has 0 saturated heterocycles. The van der Waals surface area contributed by atoms with E-state index in [1.807, 2.05) is 22.7 Å². The predicted molar refractivity (Wildman–Crippen MR) is 226 cm³/mol. The van der Waals surface area contributed by atoms with Crippen LogP contribution in [0.15, 0.2) is 170 Å². The van der Waals surface area contributed by atoms with E-state index in [0.717, 1.165) is 0 Å². The summed E-state index contributed by atoms with van der Waals surface area (Å²) in [7, 11) is 0. The molecule has 4 aromatic heterocycles. The lowest BCUT2D eigenvalue weighted by Gasteiger charge is -2.19. The van der Waals surface area contributed by atoms with Gasteiger partial charge in [-0.3, -0.25) is 0 Å². The number of thiophene rings is 2. The van der Waals surface area contributed by atoms with Crippen molar-refractivity contribution in [2.24, 2.45) is 0 Å². The Kier molecular flexibility index (Phi) is 5.84. The Bertz CT molecular complexity index is 3190. The zero-order valence-electron chi connectivity index (χ0n) is 27.9. The van der Waals surface area contributed by atoms with E-state index in [9.17, 15) is 0 Å². The Hall–Kier alpha value is -6.20. The first-order chi connectivity index (χ1) is 25.8. The van der Waals surface area contributed by atoms with E-state index in [0.29, 0.717) is 0 Å². The van der Waals surface area contributed by atoms with Crippen molar-refractivity contribution >= 4 is 107 Å². The van der Waals surface area contributed by atoms with Crippen molar-refractivity contribution in [3.05, 3.63) is 170 Å². The average molecular weight is 697 g/mol. The number of hydrogen-bond donors (Lipinski definition) is 0. The molecule has 0 amide bonds. The fourth-order valence-electron chi connectivity index (χ4n) is 8.82. The normalized spacial score (nSPS) is 12.2. The topological polar surface area (TPSA) is 9.86 Å². The number of hydrogen-bond acceptors (Lipinski definition) is 2.